The fraction of sp³-hybridized carbons (Fsp3) is 0.0154. The maximum atomic E-state index is 4.25. The van der Waals surface area contributed by atoms with E-state index in [2.05, 4.69) is 240 Å². The lowest BCUT2D eigenvalue weighted by Crippen LogP contribution is -2.25. The van der Waals surface area contributed by atoms with Gasteiger partial charge in [-0.3, -0.25) is 9.97 Å². The van der Waals surface area contributed by atoms with Crippen molar-refractivity contribution < 1.29 is 0 Å². The van der Waals surface area contributed by atoms with Crippen LogP contribution >= 0.6 is 0 Å². The number of aromatic nitrogens is 2. The zero-order valence-corrected chi connectivity index (χ0v) is 36.6. The highest BCUT2D eigenvalue weighted by molar-refractivity contribution is 5.96. The Labute approximate surface area is 391 Å². The summed E-state index contributed by atoms with van der Waals surface area (Å²) in [4.78, 5) is 8.50. The van der Waals surface area contributed by atoms with Gasteiger partial charge < -0.3 is 0 Å². The van der Waals surface area contributed by atoms with Crippen LogP contribution in [-0.2, 0) is 5.41 Å². The molecule has 0 bridgehead atoms. The molecule has 2 heteroatoms. The predicted molar refractivity (Wildman–Crippen MR) is 276 cm³/mol. The molecule has 0 N–H and O–H groups in total. The van der Waals surface area contributed by atoms with Crippen molar-refractivity contribution in [1.82, 2.24) is 9.97 Å². The van der Waals surface area contributed by atoms with Gasteiger partial charge in [-0.25, -0.2) is 0 Å². The summed E-state index contributed by atoms with van der Waals surface area (Å²) in [6, 6.07) is 85.4. The number of fused-ring (bicyclic) bond motifs is 10. The lowest BCUT2D eigenvalue weighted by atomic mass is 9.70. The Morgan fingerprint density at radius 2 is 0.478 bits per heavy atom. The molecule has 312 valence electrons. The third kappa shape index (κ3) is 6.41. The summed E-state index contributed by atoms with van der Waals surface area (Å²) in [5, 5.41) is 0. The largest absolute Gasteiger partial charge is 0.265 e. The summed E-state index contributed by atoms with van der Waals surface area (Å²) in [5.74, 6) is 0. The molecule has 0 unspecified atom stereocenters. The summed E-state index contributed by atoms with van der Waals surface area (Å²) in [7, 11) is 0. The van der Waals surface area contributed by atoms with Crippen molar-refractivity contribution in [2.45, 2.75) is 5.41 Å². The van der Waals surface area contributed by atoms with Crippen LogP contribution in [0.15, 0.2) is 255 Å². The number of hydrogen-bond donors (Lipinski definition) is 0. The van der Waals surface area contributed by atoms with E-state index < -0.39 is 5.41 Å². The Balaban J connectivity index is 0.986. The van der Waals surface area contributed by atoms with Gasteiger partial charge in [0, 0.05) is 24.8 Å². The maximum Gasteiger partial charge on any atom is 0.0725 e. The molecule has 0 saturated carbocycles. The summed E-state index contributed by atoms with van der Waals surface area (Å²) in [6.07, 6.45) is 7.42. The highest BCUT2D eigenvalue weighted by Gasteiger charge is 2.51. The van der Waals surface area contributed by atoms with Crippen LogP contribution in [0.5, 0.6) is 0 Å². The first-order chi connectivity index (χ1) is 33.2. The van der Waals surface area contributed by atoms with Crippen LogP contribution in [0.4, 0.5) is 0 Å². The molecule has 0 atom stereocenters. The first kappa shape index (κ1) is 38.7. The van der Waals surface area contributed by atoms with Crippen LogP contribution in [0.3, 0.4) is 0 Å². The van der Waals surface area contributed by atoms with Crippen LogP contribution in [-0.4, -0.2) is 9.97 Å². The third-order valence-corrected chi connectivity index (χ3v) is 14.1. The topological polar surface area (TPSA) is 25.8 Å². The van der Waals surface area contributed by atoms with E-state index in [-0.39, 0.29) is 0 Å². The van der Waals surface area contributed by atoms with Gasteiger partial charge in [-0.15, -0.1) is 0 Å². The highest BCUT2D eigenvalue weighted by Crippen LogP contribution is 2.63. The smallest absolute Gasteiger partial charge is 0.0725 e. The van der Waals surface area contributed by atoms with Crippen molar-refractivity contribution in [2.75, 3.05) is 0 Å². The predicted octanol–water partition coefficient (Wildman–Crippen LogP) is 16.5. The van der Waals surface area contributed by atoms with Gasteiger partial charge >= 0.3 is 0 Å². The van der Waals surface area contributed by atoms with E-state index >= 15 is 0 Å². The number of hydrogen-bond acceptors (Lipinski definition) is 2. The quantitative estimate of drug-likeness (QED) is 0.160. The lowest BCUT2D eigenvalue weighted by Gasteiger charge is -2.30. The zero-order chi connectivity index (χ0) is 44.3. The minimum atomic E-state index is -0.423. The third-order valence-electron chi connectivity index (χ3n) is 14.1. The van der Waals surface area contributed by atoms with Gasteiger partial charge in [-0.2, -0.15) is 0 Å². The molecule has 0 aliphatic heterocycles. The van der Waals surface area contributed by atoms with E-state index in [0.717, 1.165) is 11.1 Å². The van der Waals surface area contributed by atoms with Crippen molar-refractivity contribution in [3.63, 3.8) is 0 Å². The molecule has 67 heavy (non-hydrogen) atoms. The van der Waals surface area contributed by atoms with Crippen LogP contribution < -0.4 is 0 Å². The van der Waals surface area contributed by atoms with E-state index in [9.17, 15) is 0 Å². The minimum Gasteiger partial charge on any atom is -0.265 e. The number of rotatable bonds is 7. The average Bonchev–Trinajstić information content (AvgIpc) is 3.88. The van der Waals surface area contributed by atoms with Crippen molar-refractivity contribution in [2.24, 2.45) is 0 Å². The second-order valence-corrected chi connectivity index (χ2v) is 17.7. The first-order valence-electron chi connectivity index (χ1n) is 23.0. The molecule has 11 aromatic rings. The van der Waals surface area contributed by atoms with Crippen LogP contribution in [0.1, 0.15) is 22.3 Å². The fourth-order valence-corrected chi connectivity index (χ4v) is 11.0. The van der Waals surface area contributed by atoms with Gasteiger partial charge in [-0.05, 0) is 195 Å². The SMILES string of the molecule is c1cc(-c2ccncc2)cc(-c2cccc(-c3cc(-c4cccc(-c5cccc(-c6ccncc6)c5)c4)cc(-c4ccc5c(c4)C4(c6ccccc6-c6ccccc64)c4ccccc4-5)c3)c2)c1. The van der Waals surface area contributed by atoms with Gasteiger partial charge in [0.25, 0.3) is 0 Å². The van der Waals surface area contributed by atoms with Gasteiger partial charge in [0.05, 0.1) is 5.41 Å². The maximum absolute atomic E-state index is 4.25. The molecule has 0 radical (unpaired) electrons. The van der Waals surface area contributed by atoms with Crippen molar-refractivity contribution >= 4 is 0 Å². The summed E-state index contributed by atoms with van der Waals surface area (Å²) in [5.41, 5.74) is 26.6. The van der Waals surface area contributed by atoms with Crippen molar-refractivity contribution in [3.05, 3.63) is 278 Å². The Kier molecular flexibility index (Phi) is 9.11. The second kappa shape index (κ2) is 15.8. The molecule has 2 nitrogen and oxygen atoms in total. The fourth-order valence-electron chi connectivity index (χ4n) is 11.0. The molecule has 0 amide bonds. The molecule has 2 aliphatic carbocycles. The second-order valence-electron chi connectivity index (χ2n) is 17.7. The molecule has 2 aliphatic rings. The molecular weight excluding hydrogens is 809 g/mol. The van der Waals surface area contributed by atoms with Crippen LogP contribution in [0.25, 0.3) is 100 Å². The molecule has 1 spiro atoms. The van der Waals surface area contributed by atoms with E-state index in [4.69, 9.17) is 0 Å². The Bertz CT molecular complexity index is 3490. The Morgan fingerprint density at radius 1 is 0.194 bits per heavy atom. The monoisotopic (exact) mass is 850 g/mol. The molecule has 2 heterocycles. The number of pyridine rings is 2. The van der Waals surface area contributed by atoms with E-state index in [1.807, 2.05) is 24.8 Å². The lowest BCUT2D eigenvalue weighted by molar-refractivity contribution is 0.794. The molecule has 2 aromatic heterocycles. The molecule has 13 rings (SSSR count). The summed E-state index contributed by atoms with van der Waals surface area (Å²) < 4.78 is 0. The summed E-state index contributed by atoms with van der Waals surface area (Å²) >= 11 is 0. The minimum absolute atomic E-state index is 0.423. The molecule has 0 fully saturated rings. The molecular formula is C65H42N2. The van der Waals surface area contributed by atoms with Gasteiger partial charge in [0.2, 0.25) is 0 Å². The number of benzene rings is 9. The zero-order valence-electron chi connectivity index (χ0n) is 36.6. The highest BCUT2D eigenvalue weighted by atomic mass is 14.6. The van der Waals surface area contributed by atoms with Crippen molar-refractivity contribution in [3.8, 4) is 100 Å². The summed E-state index contributed by atoms with van der Waals surface area (Å²) in [6.45, 7) is 0. The molecule has 9 aromatic carbocycles. The molecule has 0 saturated heterocycles. The number of nitrogens with zero attached hydrogens (tertiary/aromatic N) is 2. The average molecular weight is 851 g/mol. The van der Waals surface area contributed by atoms with Gasteiger partial charge in [-0.1, -0.05) is 158 Å². The van der Waals surface area contributed by atoms with E-state index in [1.54, 1.807) is 0 Å². The van der Waals surface area contributed by atoms with Gasteiger partial charge in [0.15, 0.2) is 0 Å². The standard InChI is InChI=1S/C65H42N2/c1-4-22-61-57(19-1)58-20-2-5-23-62(58)65(61)63-24-6-3-21-59(63)60-26-25-53(42-64(60)65)56-40-54(51-17-9-15-49(37-51)47-13-7-11-45(35-47)43-27-31-66-32-28-43)39-55(41-56)52-18-10-16-50(38-52)48-14-8-12-46(36-48)44-29-33-67-34-30-44/h1-42H. The van der Waals surface area contributed by atoms with Gasteiger partial charge in [0.1, 0.15) is 0 Å². The normalized spacial score (nSPS) is 12.6. The first-order valence-corrected chi connectivity index (χ1v) is 23.0. The van der Waals surface area contributed by atoms with E-state index in [0.29, 0.717) is 0 Å². The van der Waals surface area contributed by atoms with E-state index in [1.165, 1.54) is 111 Å². The van der Waals surface area contributed by atoms with Crippen LogP contribution in [0, 0.1) is 0 Å². The van der Waals surface area contributed by atoms with Crippen molar-refractivity contribution in [1.29, 1.82) is 0 Å². The Hall–Kier alpha value is -8.72. The Morgan fingerprint density at radius 3 is 0.851 bits per heavy atom. The van der Waals surface area contributed by atoms with Crippen LogP contribution in [0.2, 0.25) is 0 Å².